The van der Waals surface area contributed by atoms with Crippen molar-refractivity contribution < 1.29 is 9.72 Å². The number of hydrogen-bond acceptors (Lipinski definition) is 4. The van der Waals surface area contributed by atoms with E-state index in [0.717, 1.165) is 19.4 Å². The Labute approximate surface area is 111 Å². The second-order valence-electron chi connectivity index (χ2n) is 4.79. The highest BCUT2D eigenvalue weighted by Gasteiger charge is 2.18. The first kappa shape index (κ1) is 13.5. The van der Waals surface area contributed by atoms with E-state index >= 15 is 0 Å². The number of nitrogens with zero attached hydrogens (tertiary/aromatic N) is 2. The van der Waals surface area contributed by atoms with Gasteiger partial charge < -0.3 is 15.2 Å². The molecule has 1 aromatic heterocycles. The Morgan fingerprint density at radius 2 is 2.47 bits per heavy atom. The van der Waals surface area contributed by atoms with E-state index in [1.165, 1.54) is 23.3 Å². The second-order valence-corrected chi connectivity index (χ2v) is 4.79. The fraction of sp³-hybridized carbons (Fsp3) is 0.583. The first-order valence-electron chi connectivity index (χ1n) is 6.40. The van der Waals surface area contributed by atoms with E-state index < -0.39 is 4.92 Å². The molecule has 0 bridgehead atoms. The molecule has 2 heterocycles. The quantitative estimate of drug-likeness (QED) is 0.609. The molecule has 2 N–H and O–H groups in total. The van der Waals surface area contributed by atoms with Crippen LogP contribution in [0.1, 0.15) is 29.8 Å². The van der Waals surface area contributed by atoms with E-state index in [1.54, 1.807) is 7.05 Å². The predicted molar refractivity (Wildman–Crippen MR) is 70.0 cm³/mol. The lowest BCUT2D eigenvalue weighted by molar-refractivity contribution is -0.384. The molecule has 0 saturated carbocycles. The lowest BCUT2D eigenvalue weighted by atomic mass is 10.1. The summed E-state index contributed by atoms with van der Waals surface area (Å²) in [6.07, 6.45) is 4.56. The van der Waals surface area contributed by atoms with Gasteiger partial charge >= 0.3 is 0 Å². The molecule has 0 aromatic carbocycles. The molecule has 1 amide bonds. The van der Waals surface area contributed by atoms with Crippen molar-refractivity contribution in [3.05, 3.63) is 28.1 Å². The molecule has 0 radical (unpaired) electrons. The van der Waals surface area contributed by atoms with E-state index in [2.05, 4.69) is 10.6 Å². The third-order valence-electron chi connectivity index (χ3n) is 3.37. The van der Waals surface area contributed by atoms with Crippen molar-refractivity contribution in [2.24, 2.45) is 7.05 Å². The van der Waals surface area contributed by atoms with Gasteiger partial charge in [-0.05, 0) is 25.8 Å². The fourth-order valence-corrected chi connectivity index (χ4v) is 2.33. The van der Waals surface area contributed by atoms with E-state index in [-0.39, 0.29) is 11.6 Å². The van der Waals surface area contributed by atoms with Gasteiger partial charge in [0.05, 0.1) is 11.1 Å². The molecule has 7 nitrogen and oxygen atoms in total. The number of amides is 1. The number of aromatic nitrogens is 1. The summed E-state index contributed by atoms with van der Waals surface area (Å²) in [5.41, 5.74) is 0.246. The number of nitro groups is 1. The lowest BCUT2D eigenvalue weighted by Gasteiger charge is -2.10. The van der Waals surface area contributed by atoms with Gasteiger partial charge in [0.1, 0.15) is 5.69 Å². The van der Waals surface area contributed by atoms with E-state index in [1.807, 2.05) is 0 Å². The van der Waals surface area contributed by atoms with Crippen LogP contribution < -0.4 is 10.6 Å². The van der Waals surface area contributed by atoms with E-state index in [4.69, 9.17) is 0 Å². The van der Waals surface area contributed by atoms with Crippen LogP contribution in [0.4, 0.5) is 5.69 Å². The van der Waals surface area contributed by atoms with Crippen molar-refractivity contribution in [1.29, 1.82) is 0 Å². The highest BCUT2D eigenvalue weighted by Crippen LogP contribution is 2.15. The van der Waals surface area contributed by atoms with Gasteiger partial charge in [-0.25, -0.2) is 0 Å². The highest BCUT2D eigenvalue weighted by atomic mass is 16.6. The molecular formula is C12H18N4O3. The van der Waals surface area contributed by atoms with Gasteiger partial charge in [0.25, 0.3) is 11.6 Å². The summed E-state index contributed by atoms with van der Waals surface area (Å²) in [5.74, 6) is -0.270. The Morgan fingerprint density at radius 1 is 1.68 bits per heavy atom. The molecule has 1 aliphatic heterocycles. The third kappa shape index (κ3) is 3.31. The summed E-state index contributed by atoms with van der Waals surface area (Å²) >= 11 is 0. The summed E-state index contributed by atoms with van der Waals surface area (Å²) in [6, 6.07) is 1.77. The molecule has 2 rings (SSSR count). The zero-order valence-corrected chi connectivity index (χ0v) is 10.9. The largest absolute Gasteiger partial charge is 0.351 e. The standard InChI is InChI=1S/C12H18N4O3/c1-15-8-10(16(18)19)7-11(15)12(17)14-6-4-9-3-2-5-13-9/h7-9,13H,2-6H2,1H3,(H,14,17). The third-order valence-corrected chi connectivity index (χ3v) is 3.37. The zero-order chi connectivity index (χ0) is 13.8. The van der Waals surface area contributed by atoms with E-state index in [0.29, 0.717) is 18.3 Å². The summed E-state index contributed by atoms with van der Waals surface area (Å²) in [7, 11) is 1.63. The Morgan fingerprint density at radius 3 is 3.05 bits per heavy atom. The zero-order valence-electron chi connectivity index (χ0n) is 10.9. The highest BCUT2D eigenvalue weighted by molar-refractivity contribution is 5.93. The minimum Gasteiger partial charge on any atom is -0.351 e. The molecule has 1 aliphatic rings. The average molecular weight is 266 g/mol. The van der Waals surface area contributed by atoms with Gasteiger partial charge in [0, 0.05) is 25.7 Å². The summed E-state index contributed by atoms with van der Waals surface area (Å²) in [4.78, 5) is 22.0. The van der Waals surface area contributed by atoms with Gasteiger partial charge in [-0.1, -0.05) is 0 Å². The molecule has 19 heavy (non-hydrogen) atoms. The van der Waals surface area contributed by atoms with Crippen LogP contribution in [0.15, 0.2) is 12.3 Å². The summed E-state index contributed by atoms with van der Waals surface area (Å²) in [5, 5.41) is 16.8. The van der Waals surface area contributed by atoms with Crippen LogP contribution in [0, 0.1) is 10.1 Å². The molecule has 1 unspecified atom stereocenters. The normalized spacial score (nSPS) is 18.5. The van der Waals surface area contributed by atoms with Crippen molar-refractivity contribution >= 4 is 11.6 Å². The van der Waals surface area contributed by atoms with Crippen LogP contribution in [0.25, 0.3) is 0 Å². The monoisotopic (exact) mass is 266 g/mol. The van der Waals surface area contributed by atoms with Crippen LogP contribution in [-0.2, 0) is 7.05 Å². The number of carbonyl (C=O) groups is 1. The van der Waals surface area contributed by atoms with Crippen LogP contribution in [0.5, 0.6) is 0 Å². The smallest absolute Gasteiger partial charge is 0.287 e. The second kappa shape index (κ2) is 5.83. The van der Waals surface area contributed by atoms with Gasteiger partial charge in [-0.15, -0.1) is 0 Å². The first-order valence-corrected chi connectivity index (χ1v) is 6.40. The maximum Gasteiger partial charge on any atom is 0.287 e. The van der Waals surface area contributed by atoms with E-state index in [9.17, 15) is 14.9 Å². The van der Waals surface area contributed by atoms with Gasteiger partial charge in [-0.3, -0.25) is 14.9 Å². The molecule has 1 saturated heterocycles. The summed E-state index contributed by atoms with van der Waals surface area (Å²) < 4.78 is 1.47. The van der Waals surface area contributed by atoms with Gasteiger partial charge in [-0.2, -0.15) is 0 Å². The number of nitrogens with one attached hydrogen (secondary N) is 2. The molecular weight excluding hydrogens is 248 g/mol. The van der Waals surface area contributed by atoms with Crippen molar-refractivity contribution in [3.8, 4) is 0 Å². The van der Waals surface area contributed by atoms with Crippen LogP contribution >= 0.6 is 0 Å². The summed E-state index contributed by atoms with van der Waals surface area (Å²) in [6.45, 7) is 1.62. The molecule has 0 aliphatic carbocycles. The number of rotatable bonds is 5. The Balaban J connectivity index is 1.86. The molecule has 0 spiro atoms. The first-order chi connectivity index (χ1) is 9.08. The lowest BCUT2D eigenvalue weighted by Crippen LogP contribution is -2.31. The van der Waals surface area contributed by atoms with Crippen LogP contribution in [-0.4, -0.2) is 34.5 Å². The van der Waals surface area contributed by atoms with Crippen molar-refractivity contribution in [2.75, 3.05) is 13.1 Å². The minimum absolute atomic E-state index is 0.0647. The van der Waals surface area contributed by atoms with Crippen LogP contribution in [0.3, 0.4) is 0 Å². The molecule has 7 heteroatoms. The maximum atomic E-state index is 11.9. The molecule has 1 aromatic rings. The predicted octanol–water partition coefficient (Wildman–Crippen LogP) is 0.805. The van der Waals surface area contributed by atoms with Crippen molar-refractivity contribution in [3.63, 3.8) is 0 Å². The Hall–Kier alpha value is -1.89. The van der Waals surface area contributed by atoms with Gasteiger partial charge in [0.2, 0.25) is 0 Å². The molecule has 1 atom stereocenters. The fourth-order valence-electron chi connectivity index (χ4n) is 2.33. The average Bonchev–Trinajstić information content (AvgIpc) is 2.98. The maximum absolute atomic E-state index is 11.9. The van der Waals surface area contributed by atoms with Gasteiger partial charge in [0.15, 0.2) is 0 Å². The van der Waals surface area contributed by atoms with Crippen molar-refractivity contribution in [1.82, 2.24) is 15.2 Å². The minimum atomic E-state index is -0.501. The van der Waals surface area contributed by atoms with Crippen LogP contribution in [0.2, 0.25) is 0 Å². The Kier molecular flexibility index (Phi) is 4.16. The SMILES string of the molecule is Cn1cc([N+](=O)[O-])cc1C(=O)NCCC1CCCN1. The topological polar surface area (TPSA) is 89.2 Å². The molecule has 104 valence electrons. The molecule has 1 fully saturated rings. The Bertz CT molecular complexity index is 477. The number of carbonyl (C=O) groups excluding carboxylic acids is 1. The number of hydrogen-bond donors (Lipinski definition) is 2. The van der Waals surface area contributed by atoms with Crippen molar-refractivity contribution in [2.45, 2.75) is 25.3 Å². The number of aryl methyl sites for hydroxylation is 1.